The van der Waals surface area contributed by atoms with Crippen LogP contribution in [0.5, 0.6) is 11.5 Å². The third-order valence-corrected chi connectivity index (χ3v) is 2.55. The molecule has 0 atom stereocenters. The monoisotopic (exact) mass is 236 g/mol. The number of hydrogen-bond donors (Lipinski definition) is 2. The lowest BCUT2D eigenvalue weighted by Crippen LogP contribution is -1.81. The van der Waals surface area contributed by atoms with Gasteiger partial charge in [0.1, 0.15) is 17.6 Å². The van der Waals surface area contributed by atoms with Crippen molar-refractivity contribution in [3.05, 3.63) is 53.4 Å². The largest absolute Gasteiger partial charge is 0.519 e. The molecule has 2 aromatic carbocycles. The molecule has 0 radical (unpaired) electrons. The van der Waals surface area contributed by atoms with Crippen molar-refractivity contribution in [2.75, 3.05) is 0 Å². The van der Waals surface area contributed by atoms with Crippen molar-refractivity contribution in [2.45, 2.75) is 0 Å². The average molecular weight is 236 g/mol. The van der Waals surface area contributed by atoms with Crippen LogP contribution in [0.3, 0.4) is 0 Å². The van der Waals surface area contributed by atoms with Crippen LogP contribution >= 0.6 is 0 Å². The summed E-state index contributed by atoms with van der Waals surface area (Å²) in [4.78, 5) is 3.20. The van der Waals surface area contributed by atoms with Crippen LogP contribution in [-0.4, -0.2) is 10.2 Å². The van der Waals surface area contributed by atoms with E-state index in [1.807, 2.05) is 6.07 Å². The predicted molar refractivity (Wildman–Crippen MR) is 66.2 cm³/mol. The first-order valence-corrected chi connectivity index (χ1v) is 5.09. The molecule has 0 saturated carbocycles. The Hall–Kier alpha value is -2.98. The Labute approximate surface area is 104 Å². The zero-order valence-electron chi connectivity index (χ0n) is 9.25. The predicted octanol–water partition coefficient (Wildman–Crippen LogP) is 3.19. The van der Waals surface area contributed by atoms with Crippen molar-refractivity contribution in [1.82, 2.24) is 0 Å². The normalized spacial score (nSPS) is 9.44. The zero-order valence-corrected chi connectivity index (χ0v) is 9.25. The molecule has 0 unspecified atom stereocenters. The lowest BCUT2D eigenvalue weighted by atomic mass is 10.0. The Morgan fingerprint density at radius 1 is 1.00 bits per heavy atom. The second kappa shape index (κ2) is 4.48. The van der Waals surface area contributed by atoms with Gasteiger partial charge in [-0.15, -0.1) is 0 Å². The number of rotatable bonds is 1. The van der Waals surface area contributed by atoms with Crippen LogP contribution in [0.15, 0.2) is 36.4 Å². The summed E-state index contributed by atoms with van der Waals surface area (Å²) in [5, 5.41) is 27.7. The molecule has 0 spiro atoms. The fourth-order valence-corrected chi connectivity index (χ4v) is 1.60. The van der Waals surface area contributed by atoms with Crippen molar-refractivity contribution in [2.24, 2.45) is 0 Å². The highest BCUT2D eigenvalue weighted by atomic mass is 16.3. The molecular weight excluding hydrogens is 228 g/mol. The van der Waals surface area contributed by atoms with Gasteiger partial charge in [-0.3, -0.25) is 0 Å². The minimum Gasteiger partial charge on any atom is -0.519 e. The third kappa shape index (κ3) is 1.95. The smallest absolute Gasteiger partial charge is 0.228 e. The lowest BCUT2D eigenvalue weighted by molar-refractivity contribution is 0.473. The van der Waals surface area contributed by atoms with Gasteiger partial charge >= 0.3 is 0 Å². The molecule has 0 bridgehead atoms. The highest BCUT2D eigenvalue weighted by Crippen LogP contribution is 2.33. The molecule has 86 valence electrons. The molecule has 4 heteroatoms. The Morgan fingerprint density at radius 2 is 1.61 bits per heavy atom. The van der Waals surface area contributed by atoms with E-state index in [9.17, 15) is 10.2 Å². The van der Waals surface area contributed by atoms with Gasteiger partial charge in [-0.2, -0.15) is 5.26 Å². The Morgan fingerprint density at radius 3 is 2.22 bits per heavy atom. The maximum atomic E-state index is 9.42. The quantitative estimate of drug-likeness (QED) is 0.747. The number of hydrogen-bond acceptors (Lipinski definition) is 3. The highest BCUT2D eigenvalue weighted by Gasteiger charge is 2.07. The van der Waals surface area contributed by atoms with Crippen molar-refractivity contribution >= 4 is 5.69 Å². The van der Waals surface area contributed by atoms with Gasteiger partial charge in [-0.25, -0.2) is 4.85 Å². The molecule has 2 rings (SSSR count). The maximum absolute atomic E-state index is 9.42. The second-order valence-corrected chi connectivity index (χ2v) is 3.66. The first kappa shape index (κ1) is 11.5. The van der Waals surface area contributed by atoms with Gasteiger partial charge in [0, 0.05) is 0 Å². The van der Waals surface area contributed by atoms with E-state index in [2.05, 4.69) is 4.85 Å². The van der Waals surface area contributed by atoms with E-state index in [1.54, 1.807) is 12.1 Å². The van der Waals surface area contributed by atoms with Crippen molar-refractivity contribution < 1.29 is 10.2 Å². The van der Waals surface area contributed by atoms with Gasteiger partial charge in [0.2, 0.25) is 5.69 Å². The number of nitriles is 1. The molecule has 0 aliphatic heterocycles. The number of aromatic hydroxyl groups is 2. The SMILES string of the molecule is [C-]#[N+]c1cc(-c2ccc(O)c(C#N)c2)ccc1O. The Balaban J connectivity index is 2.57. The molecule has 0 aliphatic rings. The third-order valence-electron chi connectivity index (χ3n) is 2.55. The van der Waals surface area contributed by atoms with Crippen LogP contribution in [0.25, 0.3) is 16.0 Å². The molecule has 2 N–H and O–H groups in total. The number of phenols is 2. The van der Waals surface area contributed by atoms with Crippen LogP contribution in [0.4, 0.5) is 5.69 Å². The van der Waals surface area contributed by atoms with Crippen molar-refractivity contribution in [3.63, 3.8) is 0 Å². The second-order valence-electron chi connectivity index (χ2n) is 3.66. The fraction of sp³-hybridized carbons (Fsp3) is 0. The summed E-state index contributed by atoms with van der Waals surface area (Å²) in [6.45, 7) is 6.93. The van der Waals surface area contributed by atoms with E-state index in [-0.39, 0.29) is 22.7 Å². The van der Waals surface area contributed by atoms with E-state index in [0.717, 1.165) is 0 Å². The molecule has 0 heterocycles. The fourth-order valence-electron chi connectivity index (χ4n) is 1.60. The molecule has 0 aliphatic carbocycles. The minimum atomic E-state index is -0.0783. The molecule has 0 saturated heterocycles. The summed E-state index contributed by atoms with van der Waals surface area (Å²) >= 11 is 0. The molecular formula is C14H8N2O2. The van der Waals surface area contributed by atoms with Crippen LogP contribution in [0.1, 0.15) is 5.56 Å². The first-order chi connectivity index (χ1) is 8.65. The summed E-state index contributed by atoms with van der Waals surface area (Å²) in [5.74, 6) is -0.154. The topological polar surface area (TPSA) is 68.6 Å². The Kier molecular flexibility index (Phi) is 2.87. The average Bonchev–Trinajstić information content (AvgIpc) is 2.40. The Bertz CT molecular complexity index is 632. The van der Waals surface area contributed by atoms with Gasteiger partial charge in [-0.1, -0.05) is 12.1 Å². The van der Waals surface area contributed by atoms with Crippen LogP contribution < -0.4 is 0 Å². The minimum absolute atomic E-state index is 0.0759. The molecule has 0 fully saturated rings. The zero-order chi connectivity index (χ0) is 13.1. The highest BCUT2D eigenvalue weighted by molar-refractivity contribution is 5.73. The van der Waals surface area contributed by atoms with E-state index in [0.29, 0.717) is 11.1 Å². The van der Waals surface area contributed by atoms with E-state index >= 15 is 0 Å². The first-order valence-electron chi connectivity index (χ1n) is 5.09. The maximum Gasteiger partial charge on any atom is 0.228 e. The molecule has 0 amide bonds. The van der Waals surface area contributed by atoms with Gasteiger partial charge in [0.25, 0.3) is 0 Å². The molecule has 4 nitrogen and oxygen atoms in total. The molecule has 18 heavy (non-hydrogen) atoms. The number of nitrogens with zero attached hydrogens (tertiary/aromatic N) is 2. The number of benzene rings is 2. The molecule has 0 aromatic heterocycles. The van der Waals surface area contributed by atoms with E-state index < -0.39 is 0 Å². The summed E-state index contributed by atoms with van der Waals surface area (Å²) in [5.41, 5.74) is 1.73. The van der Waals surface area contributed by atoms with Crippen LogP contribution in [0.2, 0.25) is 0 Å². The summed E-state index contributed by atoms with van der Waals surface area (Å²) in [6, 6.07) is 11.1. The van der Waals surface area contributed by atoms with Crippen molar-refractivity contribution in [1.29, 1.82) is 5.26 Å². The molecule has 2 aromatic rings. The van der Waals surface area contributed by atoms with Crippen molar-refractivity contribution in [3.8, 4) is 28.7 Å². The van der Waals surface area contributed by atoms with Gasteiger partial charge in [0.15, 0.2) is 0 Å². The van der Waals surface area contributed by atoms with Gasteiger partial charge in [-0.05, 0) is 35.4 Å². The van der Waals surface area contributed by atoms with Gasteiger partial charge < -0.3 is 10.2 Å². The summed E-state index contributed by atoms with van der Waals surface area (Å²) < 4.78 is 0. The summed E-state index contributed by atoms with van der Waals surface area (Å²) in [7, 11) is 0. The van der Waals surface area contributed by atoms with E-state index in [1.165, 1.54) is 24.3 Å². The van der Waals surface area contributed by atoms with Crippen LogP contribution in [-0.2, 0) is 0 Å². The van der Waals surface area contributed by atoms with E-state index in [4.69, 9.17) is 11.8 Å². The number of phenolic OH excluding ortho intramolecular Hbond substituents is 2. The lowest BCUT2D eigenvalue weighted by Gasteiger charge is -2.05. The van der Waals surface area contributed by atoms with Gasteiger partial charge in [0.05, 0.1) is 12.1 Å². The summed E-state index contributed by atoms with van der Waals surface area (Å²) in [6.07, 6.45) is 0. The standard InChI is InChI=1S/C14H8N2O2/c1-16-12-7-10(3-5-14(12)18)9-2-4-13(17)11(6-9)8-15/h2-7,17-18H. The van der Waals surface area contributed by atoms with Crippen LogP contribution in [0, 0.1) is 17.9 Å².